The van der Waals surface area contributed by atoms with E-state index in [1.165, 1.54) is 34.6 Å². The normalized spacial score (nSPS) is 13.7. The lowest BCUT2D eigenvalue weighted by atomic mass is 10.4. The van der Waals surface area contributed by atoms with Crippen molar-refractivity contribution in [1.29, 1.82) is 0 Å². The fraction of sp³-hybridized carbons (Fsp3) is 0.667. The second-order valence-corrected chi connectivity index (χ2v) is 5.63. The molecular formula is C15H35N5O10. The molecule has 0 bridgehead atoms. The largest absolute Gasteiger partial charge is 0.480 e. The van der Waals surface area contributed by atoms with Crippen molar-refractivity contribution in [2.75, 3.05) is 0 Å². The highest BCUT2D eigenvalue weighted by molar-refractivity contribution is 5.73. The number of carboxylic acids is 5. The Morgan fingerprint density at radius 1 is 0.400 bits per heavy atom. The van der Waals surface area contributed by atoms with Gasteiger partial charge in [-0.25, -0.2) is 0 Å². The Bertz CT molecular complexity index is 404. The molecule has 0 saturated carbocycles. The SMILES string of the molecule is C[C@H](N)C(=O)O.C[C@H](N)C(=O)O.C[C@H](N)C(=O)O.C[C@H](N)C(=O)O.C[C@H](N)C(=O)O. The van der Waals surface area contributed by atoms with Gasteiger partial charge in [0.05, 0.1) is 0 Å². The molecule has 5 atom stereocenters. The second-order valence-electron chi connectivity index (χ2n) is 5.63. The van der Waals surface area contributed by atoms with Crippen molar-refractivity contribution < 1.29 is 49.5 Å². The van der Waals surface area contributed by atoms with Gasteiger partial charge in [0.15, 0.2) is 0 Å². The summed E-state index contributed by atoms with van der Waals surface area (Å²) in [6.07, 6.45) is 0. The van der Waals surface area contributed by atoms with E-state index < -0.39 is 60.1 Å². The quantitative estimate of drug-likeness (QED) is 0.202. The van der Waals surface area contributed by atoms with Gasteiger partial charge in [0.2, 0.25) is 0 Å². The molecule has 0 aliphatic rings. The minimum atomic E-state index is -0.963. The van der Waals surface area contributed by atoms with Crippen LogP contribution in [-0.4, -0.2) is 85.6 Å². The maximum absolute atomic E-state index is 9.57. The lowest BCUT2D eigenvalue weighted by molar-refractivity contribution is -0.139. The van der Waals surface area contributed by atoms with Gasteiger partial charge in [0.1, 0.15) is 30.2 Å². The smallest absolute Gasteiger partial charge is 0.320 e. The summed E-state index contributed by atoms with van der Waals surface area (Å²) in [6.45, 7) is 7.09. The zero-order valence-corrected chi connectivity index (χ0v) is 17.6. The van der Waals surface area contributed by atoms with Crippen LogP contribution in [0, 0.1) is 0 Å². The van der Waals surface area contributed by atoms with Gasteiger partial charge >= 0.3 is 29.8 Å². The molecule has 0 unspecified atom stereocenters. The molecule has 0 amide bonds. The summed E-state index contributed by atoms with van der Waals surface area (Å²) >= 11 is 0. The third-order valence-electron chi connectivity index (χ3n) is 1.95. The van der Waals surface area contributed by atoms with Gasteiger partial charge in [-0.15, -0.1) is 0 Å². The number of carbonyl (C=O) groups is 5. The van der Waals surface area contributed by atoms with Crippen LogP contribution >= 0.6 is 0 Å². The summed E-state index contributed by atoms with van der Waals surface area (Å²) in [4.78, 5) is 47.9. The number of hydrogen-bond acceptors (Lipinski definition) is 10. The Morgan fingerprint density at radius 2 is 0.433 bits per heavy atom. The van der Waals surface area contributed by atoms with Crippen LogP contribution < -0.4 is 28.7 Å². The Hall–Kier alpha value is -2.85. The van der Waals surface area contributed by atoms with Gasteiger partial charge < -0.3 is 54.2 Å². The van der Waals surface area contributed by atoms with E-state index in [0.717, 1.165) is 0 Å². The summed E-state index contributed by atoms with van der Waals surface area (Å²) in [6, 6.07) is -3.66. The first kappa shape index (κ1) is 37.8. The van der Waals surface area contributed by atoms with Gasteiger partial charge in [-0.1, -0.05) is 0 Å². The molecule has 0 aromatic carbocycles. The maximum Gasteiger partial charge on any atom is 0.320 e. The minimum Gasteiger partial charge on any atom is -0.480 e. The van der Waals surface area contributed by atoms with E-state index >= 15 is 0 Å². The maximum atomic E-state index is 9.57. The van der Waals surface area contributed by atoms with E-state index in [1.807, 2.05) is 0 Å². The van der Waals surface area contributed by atoms with E-state index in [0.29, 0.717) is 0 Å². The van der Waals surface area contributed by atoms with Crippen LogP contribution in [-0.2, 0) is 24.0 Å². The predicted octanol–water partition coefficient (Wildman–Crippen LogP) is -2.91. The van der Waals surface area contributed by atoms with Gasteiger partial charge in [0, 0.05) is 0 Å². The average Bonchev–Trinajstić information content (AvgIpc) is 2.56. The summed E-state index contributed by atoms with van der Waals surface area (Å²) < 4.78 is 0. The Kier molecular flexibility index (Phi) is 28.3. The Balaban J connectivity index is -0.0000000868. The lowest BCUT2D eigenvalue weighted by Gasteiger charge is -1.90. The second kappa shape index (κ2) is 22.4. The highest BCUT2D eigenvalue weighted by Crippen LogP contribution is 1.70. The zero-order chi connectivity index (χ0) is 25.8. The van der Waals surface area contributed by atoms with Crippen molar-refractivity contribution in [2.45, 2.75) is 64.8 Å². The average molecular weight is 445 g/mol. The van der Waals surface area contributed by atoms with Crippen molar-refractivity contribution in [3.8, 4) is 0 Å². The summed E-state index contributed by atoms with van der Waals surface area (Å²) in [5.74, 6) is -4.81. The molecule has 0 saturated heterocycles. The van der Waals surface area contributed by atoms with Gasteiger partial charge in [0.25, 0.3) is 0 Å². The first-order valence-corrected chi connectivity index (χ1v) is 8.14. The van der Waals surface area contributed by atoms with Crippen molar-refractivity contribution in [3.63, 3.8) is 0 Å². The highest BCUT2D eigenvalue weighted by Gasteiger charge is 2.01. The van der Waals surface area contributed by atoms with Crippen molar-refractivity contribution in [2.24, 2.45) is 28.7 Å². The predicted molar refractivity (Wildman–Crippen MR) is 106 cm³/mol. The molecule has 180 valence electrons. The molecule has 15 N–H and O–H groups in total. The fourth-order valence-electron chi connectivity index (χ4n) is 0. The molecule has 0 heterocycles. The number of rotatable bonds is 5. The number of carboxylic acid groups (broad SMARTS) is 5. The van der Waals surface area contributed by atoms with E-state index in [9.17, 15) is 24.0 Å². The van der Waals surface area contributed by atoms with Crippen LogP contribution in [0.4, 0.5) is 0 Å². The fourth-order valence-corrected chi connectivity index (χ4v) is 0. The molecule has 0 aliphatic heterocycles. The molecule has 0 fully saturated rings. The Labute approximate surface area is 173 Å². The van der Waals surface area contributed by atoms with Crippen LogP contribution in [0.1, 0.15) is 34.6 Å². The minimum absolute atomic E-state index is 0.731. The van der Waals surface area contributed by atoms with Crippen molar-refractivity contribution in [1.82, 2.24) is 0 Å². The number of hydrogen-bond donors (Lipinski definition) is 10. The highest BCUT2D eigenvalue weighted by atomic mass is 16.4. The molecule has 0 aromatic rings. The van der Waals surface area contributed by atoms with Crippen LogP contribution in [0.15, 0.2) is 0 Å². The molecule has 0 aliphatic carbocycles. The van der Waals surface area contributed by atoms with E-state index in [1.54, 1.807) is 0 Å². The summed E-state index contributed by atoms with van der Waals surface area (Å²) in [5.41, 5.74) is 24.2. The van der Waals surface area contributed by atoms with Crippen molar-refractivity contribution >= 4 is 29.8 Å². The monoisotopic (exact) mass is 445 g/mol. The van der Waals surface area contributed by atoms with Crippen LogP contribution in [0.2, 0.25) is 0 Å². The van der Waals surface area contributed by atoms with Gasteiger partial charge in [-0.2, -0.15) is 0 Å². The molecule has 15 heteroatoms. The van der Waals surface area contributed by atoms with E-state index in [4.69, 9.17) is 54.2 Å². The van der Waals surface area contributed by atoms with Crippen molar-refractivity contribution in [3.05, 3.63) is 0 Å². The van der Waals surface area contributed by atoms with Gasteiger partial charge in [-0.3, -0.25) is 24.0 Å². The molecule has 0 radical (unpaired) electrons. The summed E-state index contributed by atoms with van der Waals surface area (Å²) in [7, 11) is 0. The molecule has 0 aromatic heterocycles. The first-order valence-electron chi connectivity index (χ1n) is 8.14. The summed E-state index contributed by atoms with van der Waals surface area (Å²) in [5, 5.41) is 39.3. The third-order valence-corrected chi connectivity index (χ3v) is 1.95. The number of nitrogens with two attached hydrogens (primary N) is 5. The molecule has 30 heavy (non-hydrogen) atoms. The molecular weight excluding hydrogens is 410 g/mol. The number of aliphatic carboxylic acids is 5. The zero-order valence-electron chi connectivity index (χ0n) is 17.6. The molecule has 0 rings (SSSR count). The first-order chi connectivity index (χ1) is 13.2. The molecule has 15 nitrogen and oxygen atoms in total. The topological polar surface area (TPSA) is 317 Å². The standard InChI is InChI=1S/5C3H7NO2/c5*1-2(4)3(5)6/h5*2H,4H2,1H3,(H,5,6)/t5*2-/m00000/s1. The molecule has 0 spiro atoms. The van der Waals surface area contributed by atoms with E-state index in [2.05, 4.69) is 0 Å². The van der Waals surface area contributed by atoms with Crippen LogP contribution in [0.5, 0.6) is 0 Å². The third kappa shape index (κ3) is 49.9. The Morgan fingerprint density at radius 3 is 0.433 bits per heavy atom. The van der Waals surface area contributed by atoms with Crippen LogP contribution in [0.3, 0.4) is 0 Å². The van der Waals surface area contributed by atoms with Gasteiger partial charge in [-0.05, 0) is 34.6 Å². The lowest BCUT2D eigenvalue weighted by Crippen LogP contribution is -2.25. The van der Waals surface area contributed by atoms with Crippen LogP contribution in [0.25, 0.3) is 0 Å². The van der Waals surface area contributed by atoms with E-state index in [-0.39, 0.29) is 0 Å².